The summed E-state index contributed by atoms with van der Waals surface area (Å²) in [6, 6.07) is 11.3. The van der Waals surface area contributed by atoms with E-state index in [1.165, 1.54) is 6.07 Å². The van der Waals surface area contributed by atoms with Crippen LogP contribution in [0, 0.1) is 0 Å². The van der Waals surface area contributed by atoms with Crippen LogP contribution in [-0.4, -0.2) is 21.3 Å². The van der Waals surface area contributed by atoms with Crippen molar-refractivity contribution in [2.75, 3.05) is 0 Å². The van der Waals surface area contributed by atoms with Gasteiger partial charge in [0.25, 0.3) is 0 Å². The van der Waals surface area contributed by atoms with Gasteiger partial charge in [-0.3, -0.25) is 0 Å². The molecule has 19 heavy (non-hydrogen) atoms. The van der Waals surface area contributed by atoms with Gasteiger partial charge < -0.3 is 20.1 Å². The smallest absolute Gasteiger partial charge is 0.335 e. The van der Waals surface area contributed by atoms with Gasteiger partial charge in [0.05, 0.1) is 5.56 Å². The third-order valence-corrected chi connectivity index (χ3v) is 2.54. The van der Waals surface area contributed by atoms with E-state index in [9.17, 15) is 15.0 Å². The molecule has 0 heterocycles. The van der Waals surface area contributed by atoms with Gasteiger partial charge in [-0.05, 0) is 17.7 Å². The van der Waals surface area contributed by atoms with Gasteiger partial charge in [-0.25, -0.2) is 4.79 Å². The zero-order valence-electron chi connectivity index (χ0n) is 9.91. The molecule has 0 aliphatic heterocycles. The summed E-state index contributed by atoms with van der Waals surface area (Å²) in [6.45, 7) is 0.164. The van der Waals surface area contributed by atoms with Gasteiger partial charge in [0.2, 0.25) is 5.75 Å². The third-order valence-electron chi connectivity index (χ3n) is 2.54. The maximum atomic E-state index is 10.8. The minimum Gasteiger partial charge on any atom is -0.504 e. The predicted molar refractivity (Wildman–Crippen MR) is 67.5 cm³/mol. The Bertz CT molecular complexity index is 592. The van der Waals surface area contributed by atoms with Gasteiger partial charge in [0.15, 0.2) is 11.5 Å². The summed E-state index contributed by atoms with van der Waals surface area (Å²) in [7, 11) is 0. The van der Waals surface area contributed by atoms with E-state index in [0.29, 0.717) is 0 Å². The molecule has 0 unspecified atom stereocenters. The normalized spacial score (nSPS) is 10.1. The van der Waals surface area contributed by atoms with E-state index in [0.717, 1.165) is 11.6 Å². The molecule has 0 aromatic heterocycles. The lowest BCUT2D eigenvalue weighted by molar-refractivity contribution is 0.0695. The van der Waals surface area contributed by atoms with Gasteiger partial charge in [-0.1, -0.05) is 30.3 Å². The van der Waals surface area contributed by atoms with E-state index in [2.05, 4.69) is 0 Å². The molecular weight excluding hydrogens is 248 g/mol. The molecule has 0 atom stereocenters. The van der Waals surface area contributed by atoms with Crippen molar-refractivity contribution in [2.24, 2.45) is 0 Å². The summed E-state index contributed by atoms with van der Waals surface area (Å²) in [5, 5.41) is 27.9. The minimum atomic E-state index is -1.21. The minimum absolute atomic E-state index is 0.0683. The number of carboxylic acids is 1. The van der Waals surface area contributed by atoms with Crippen molar-refractivity contribution < 1.29 is 24.9 Å². The van der Waals surface area contributed by atoms with Crippen molar-refractivity contribution in [3.63, 3.8) is 0 Å². The Hall–Kier alpha value is -2.69. The predicted octanol–water partition coefficient (Wildman–Crippen LogP) is 2.38. The van der Waals surface area contributed by atoms with E-state index in [4.69, 9.17) is 9.84 Å². The molecule has 5 nitrogen and oxygen atoms in total. The van der Waals surface area contributed by atoms with Gasteiger partial charge in [-0.2, -0.15) is 0 Å². The number of carbonyl (C=O) groups is 1. The monoisotopic (exact) mass is 260 g/mol. The number of ether oxygens (including phenoxy) is 1. The van der Waals surface area contributed by atoms with Crippen LogP contribution < -0.4 is 4.74 Å². The second-order valence-electron chi connectivity index (χ2n) is 3.92. The number of aromatic hydroxyl groups is 2. The zero-order chi connectivity index (χ0) is 13.8. The Morgan fingerprint density at radius 1 is 1.11 bits per heavy atom. The molecule has 0 saturated carbocycles. The molecule has 2 aromatic rings. The molecule has 0 spiro atoms. The van der Waals surface area contributed by atoms with Gasteiger partial charge in [0.1, 0.15) is 6.61 Å². The van der Waals surface area contributed by atoms with Crippen molar-refractivity contribution in [1.29, 1.82) is 0 Å². The van der Waals surface area contributed by atoms with Crippen LogP contribution in [0.5, 0.6) is 17.2 Å². The lowest BCUT2D eigenvalue weighted by atomic mass is 10.2. The highest BCUT2D eigenvalue weighted by molar-refractivity contribution is 5.89. The van der Waals surface area contributed by atoms with Crippen molar-refractivity contribution in [1.82, 2.24) is 0 Å². The summed E-state index contributed by atoms with van der Waals surface area (Å²) < 4.78 is 5.32. The van der Waals surface area contributed by atoms with E-state index < -0.39 is 17.5 Å². The van der Waals surface area contributed by atoms with E-state index in [1.807, 2.05) is 30.3 Å². The second kappa shape index (κ2) is 5.30. The lowest BCUT2D eigenvalue weighted by Crippen LogP contribution is -2.00. The topological polar surface area (TPSA) is 87.0 Å². The van der Waals surface area contributed by atoms with Crippen LogP contribution in [0.1, 0.15) is 15.9 Å². The van der Waals surface area contributed by atoms with Gasteiger partial charge in [0, 0.05) is 0 Å². The molecule has 5 heteroatoms. The Morgan fingerprint density at radius 3 is 2.42 bits per heavy atom. The number of phenols is 2. The third kappa shape index (κ3) is 2.95. The van der Waals surface area contributed by atoms with Crippen molar-refractivity contribution >= 4 is 5.97 Å². The molecule has 0 aliphatic rings. The quantitative estimate of drug-likeness (QED) is 0.735. The molecule has 3 N–H and O–H groups in total. The van der Waals surface area contributed by atoms with Crippen LogP contribution in [0.15, 0.2) is 42.5 Å². The standard InChI is InChI=1S/C14H12O5/c15-11-6-10(14(17)18)7-12(13(11)16)19-8-9-4-2-1-3-5-9/h1-7,15-16H,8H2,(H,17,18). The first-order chi connectivity index (χ1) is 9.08. The van der Waals surface area contributed by atoms with Crippen molar-refractivity contribution in [2.45, 2.75) is 6.61 Å². The summed E-state index contributed by atoms with van der Waals surface area (Å²) in [6.07, 6.45) is 0. The van der Waals surface area contributed by atoms with Crippen LogP contribution in [0.2, 0.25) is 0 Å². The molecule has 0 radical (unpaired) electrons. The highest BCUT2D eigenvalue weighted by atomic mass is 16.5. The van der Waals surface area contributed by atoms with Crippen molar-refractivity contribution in [3.05, 3.63) is 53.6 Å². The molecule has 98 valence electrons. The molecule has 0 saturated heterocycles. The number of benzene rings is 2. The number of phenolic OH excluding ortho intramolecular Hbond substituents is 2. The fourth-order valence-electron chi connectivity index (χ4n) is 1.56. The van der Waals surface area contributed by atoms with Crippen molar-refractivity contribution in [3.8, 4) is 17.2 Å². The molecule has 0 amide bonds. The maximum Gasteiger partial charge on any atom is 0.335 e. The number of hydrogen-bond acceptors (Lipinski definition) is 4. The second-order valence-corrected chi connectivity index (χ2v) is 3.92. The highest BCUT2D eigenvalue weighted by Gasteiger charge is 2.14. The lowest BCUT2D eigenvalue weighted by Gasteiger charge is -2.10. The summed E-state index contributed by atoms with van der Waals surface area (Å²) in [5.41, 5.74) is 0.709. The van der Waals surface area contributed by atoms with Gasteiger partial charge in [-0.15, -0.1) is 0 Å². The zero-order valence-corrected chi connectivity index (χ0v) is 9.91. The first kappa shape index (κ1) is 12.8. The maximum absolute atomic E-state index is 10.8. The van der Waals surface area contributed by atoms with Crippen LogP contribution in [-0.2, 0) is 6.61 Å². The highest BCUT2D eigenvalue weighted by Crippen LogP contribution is 2.36. The fraction of sp³-hybridized carbons (Fsp3) is 0.0714. The first-order valence-corrected chi connectivity index (χ1v) is 5.54. The number of rotatable bonds is 4. The molecular formula is C14H12O5. The number of carboxylic acid groups (broad SMARTS) is 1. The van der Waals surface area contributed by atoms with Crippen LogP contribution >= 0.6 is 0 Å². The average molecular weight is 260 g/mol. The summed E-state index contributed by atoms with van der Waals surface area (Å²) in [4.78, 5) is 10.8. The van der Waals surface area contributed by atoms with E-state index in [1.54, 1.807) is 0 Å². The molecule has 0 aliphatic carbocycles. The van der Waals surface area contributed by atoms with E-state index >= 15 is 0 Å². The van der Waals surface area contributed by atoms with Crippen LogP contribution in [0.25, 0.3) is 0 Å². The van der Waals surface area contributed by atoms with E-state index in [-0.39, 0.29) is 17.9 Å². The van der Waals surface area contributed by atoms with Gasteiger partial charge >= 0.3 is 5.97 Å². The molecule has 2 rings (SSSR count). The Balaban J connectivity index is 2.22. The number of hydrogen-bond donors (Lipinski definition) is 3. The molecule has 0 bridgehead atoms. The first-order valence-electron chi connectivity index (χ1n) is 5.54. The fourth-order valence-corrected chi connectivity index (χ4v) is 1.56. The number of aromatic carboxylic acids is 1. The Labute approximate surface area is 109 Å². The Morgan fingerprint density at radius 2 is 1.79 bits per heavy atom. The average Bonchev–Trinajstić information content (AvgIpc) is 2.41. The summed E-state index contributed by atoms with van der Waals surface area (Å²) in [5.74, 6) is -2.27. The van der Waals surface area contributed by atoms with Crippen LogP contribution in [0.4, 0.5) is 0 Å². The SMILES string of the molecule is O=C(O)c1cc(O)c(O)c(OCc2ccccc2)c1. The van der Waals surface area contributed by atoms with Crippen LogP contribution in [0.3, 0.4) is 0 Å². The largest absolute Gasteiger partial charge is 0.504 e. The molecule has 2 aromatic carbocycles. The Kier molecular flexibility index (Phi) is 3.56. The molecule has 0 fully saturated rings. The summed E-state index contributed by atoms with van der Waals surface area (Å²) >= 11 is 0.